The molecule has 1 aromatic heterocycles. The summed E-state index contributed by atoms with van der Waals surface area (Å²) in [6, 6.07) is 2.42. The van der Waals surface area contributed by atoms with E-state index >= 15 is 0 Å². The molecule has 0 aliphatic heterocycles. The molecule has 0 spiro atoms. The van der Waals surface area contributed by atoms with Gasteiger partial charge < -0.3 is 9.67 Å². The van der Waals surface area contributed by atoms with Crippen molar-refractivity contribution in [2.45, 2.75) is 11.4 Å². The predicted molar refractivity (Wildman–Crippen MR) is 77.7 cm³/mol. The highest BCUT2D eigenvalue weighted by Gasteiger charge is 2.24. The fourth-order valence-corrected chi connectivity index (χ4v) is 3.93. The van der Waals surface area contributed by atoms with Gasteiger partial charge in [0.25, 0.3) is 0 Å². The Bertz CT molecular complexity index is 773. The van der Waals surface area contributed by atoms with Gasteiger partial charge in [0.15, 0.2) is 9.84 Å². The molecule has 2 aromatic rings. The maximum Gasteiger partial charge on any atom is 0.338 e. The van der Waals surface area contributed by atoms with E-state index in [0.29, 0.717) is 0 Å². The van der Waals surface area contributed by atoms with Crippen LogP contribution in [0.25, 0.3) is 0 Å². The van der Waals surface area contributed by atoms with Crippen LogP contribution in [0.15, 0.2) is 35.7 Å². The van der Waals surface area contributed by atoms with E-state index in [4.69, 9.17) is 28.3 Å². The number of carboxylic acids is 1. The van der Waals surface area contributed by atoms with Gasteiger partial charge in [0.1, 0.15) is 0 Å². The lowest BCUT2D eigenvalue weighted by Crippen LogP contribution is -2.14. The number of nitrogens with zero attached hydrogens (tertiary/aromatic N) is 2. The van der Waals surface area contributed by atoms with Gasteiger partial charge in [-0.3, -0.25) is 0 Å². The molecule has 2 rings (SSSR count). The zero-order valence-corrected chi connectivity index (χ0v) is 12.9. The molecule has 1 N–H and O–H groups in total. The van der Waals surface area contributed by atoms with E-state index in [1.807, 2.05) is 0 Å². The fraction of sp³-hybridized carbons (Fsp3) is 0.167. The molecule has 0 atom stereocenters. The third kappa shape index (κ3) is 3.37. The van der Waals surface area contributed by atoms with Crippen LogP contribution in [0.1, 0.15) is 10.4 Å². The number of aromatic carboxylic acids is 1. The molecule has 0 fully saturated rings. The van der Waals surface area contributed by atoms with Gasteiger partial charge in [-0.1, -0.05) is 23.2 Å². The summed E-state index contributed by atoms with van der Waals surface area (Å²) in [6.07, 6.45) is 4.65. The molecule has 9 heteroatoms. The highest BCUT2D eigenvalue weighted by atomic mass is 35.5. The van der Waals surface area contributed by atoms with Crippen molar-refractivity contribution in [2.24, 2.45) is 0 Å². The van der Waals surface area contributed by atoms with Gasteiger partial charge in [0.05, 0.1) is 32.6 Å². The zero-order valence-electron chi connectivity index (χ0n) is 10.5. The number of aromatic nitrogens is 2. The summed E-state index contributed by atoms with van der Waals surface area (Å²) in [5.74, 6) is -1.61. The van der Waals surface area contributed by atoms with E-state index in [0.717, 1.165) is 0 Å². The van der Waals surface area contributed by atoms with Crippen molar-refractivity contribution < 1.29 is 18.3 Å². The van der Waals surface area contributed by atoms with Crippen LogP contribution in [-0.4, -0.2) is 34.8 Å². The topological polar surface area (TPSA) is 89.3 Å². The molecule has 0 unspecified atom stereocenters. The first-order valence-electron chi connectivity index (χ1n) is 5.72. The van der Waals surface area contributed by atoms with Gasteiger partial charge in [-0.15, -0.1) is 0 Å². The van der Waals surface area contributed by atoms with Crippen LogP contribution in [0, 0.1) is 0 Å². The van der Waals surface area contributed by atoms with Crippen molar-refractivity contribution >= 4 is 39.0 Å². The number of carbonyl (C=O) groups is 1. The van der Waals surface area contributed by atoms with Crippen LogP contribution in [0.5, 0.6) is 0 Å². The molecule has 0 radical (unpaired) electrons. The lowest BCUT2D eigenvalue weighted by atomic mass is 10.2. The third-order valence-corrected chi connectivity index (χ3v) is 5.33. The summed E-state index contributed by atoms with van der Waals surface area (Å²) >= 11 is 11.6. The normalized spacial score (nSPS) is 11.5. The zero-order chi connectivity index (χ0) is 15.6. The number of sulfone groups is 1. The van der Waals surface area contributed by atoms with Crippen molar-refractivity contribution in [3.63, 3.8) is 0 Å². The van der Waals surface area contributed by atoms with Gasteiger partial charge in [-0.05, 0) is 12.1 Å². The lowest BCUT2D eigenvalue weighted by molar-refractivity contribution is 0.0697. The molecule has 1 aromatic carbocycles. The van der Waals surface area contributed by atoms with Crippen molar-refractivity contribution in [3.8, 4) is 0 Å². The first kappa shape index (κ1) is 15.8. The van der Waals surface area contributed by atoms with Crippen LogP contribution in [0.2, 0.25) is 10.0 Å². The molecule has 21 heavy (non-hydrogen) atoms. The summed E-state index contributed by atoms with van der Waals surface area (Å²) in [4.78, 5) is 14.7. The maximum absolute atomic E-state index is 12.3. The van der Waals surface area contributed by atoms with E-state index in [-0.39, 0.29) is 27.2 Å². The number of aryl methyl sites for hydroxylation is 1. The van der Waals surface area contributed by atoms with Gasteiger partial charge >= 0.3 is 5.97 Å². The number of hydrogen-bond acceptors (Lipinski definition) is 4. The summed E-state index contributed by atoms with van der Waals surface area (Å²) in [7, 11) is -3.74. The quantitative estimate of drug-likeness (QED) is 0.895. The SMILES string of the molecule is O=C(O)c1c(Cl)ccc(S(=O)(=O)CCn2ccnc2)c1Cl. The van der Waals surface area contributed by atoms with Crippen LogP contribution < -0.4 is 0 Å². The Morgan fingerprint density at radius 2 is 2.05 bits per heavy atom. The molecule has 0 bridgehead atoms. The van der Waals surface area contributed by atoms with Crippen molar-refractivity contribution in [2.75, 3.05) is 5.75 Å². The third-order valence-electron chi connectivity index (χ3n) is 2.78. The summed E-state index contributed by atoms with van der Waals surface area (Å²) < 4.78 is 26.2. The summed E-state index contributed by atoms with van der Waals surface area (Å²) in [6.45, 7) is 0.184. The Hall–Kier alpha value is -1.57. The minimum Gasteiger partial charge on any atom is -0.478 e. The van der Waals surface area contributed by atoms with E-state index in [2.05, 4.69) is 4.98 Å². The monoisotopic (exact) mass is 348 g/mol. The Morgan fingerprint density at radius 3 is 2.62 bits per heavy atom. The molecule has 6 nitrogen and oxygen atoms in total. The minimum absolute atomic E-state index is 0.110. The maximum atomic E-state index is 12.3. The van der Waals surface area contributed by atoms with Crippen LogP contribution >= 0.6 is 23.2 Å². The van der Waals surface area contributed by atoms with Gasteiger partial charge in [0, 0.05) is 18.9 Å². The molecule has 0 saturated heterocycles. The first-order valence-corrected chi connectivity index (χ1v) is 8.13. The number of halogens is 2. The number of carboxylic acid groups (broad SMARTS) is 1. The number of benzene rings is 1. The second-order valence-corrected chi connectivity index (χ2v) is 7.02. The minimum atomic E-state index is -3.74. The predicted octanol–water partition coefficient (Wildman–Crippen LogP) is 2.36. The number of rotatable bonds is 5. The Morgan fingerprint density at radius 1 is 1.33 bits per heavy atom. The molecular weight excluding hydrogens is 339 g/mol. The molecule has 0 aliphatic carbocycles. The average Bonchev–Trinajstić information content (AvgIpc) is 2.88. The molecule has 112 valence electrons. The first-order chi connectivity index (χ1) is 9.83. The summed E-state index contributed by atoms with van der Waals surface area (Å²) in [5.41, 5.74) is -0.415. The number of imidazole rings is 1. The van der Waals surface area contributed by atoms with Crippen molar-refractivity contribution in [1.29, 1.82) is 0 Å². The van der Waals surface area contributed by atoms with Crippen LogP contribution in [0.3, 0.4) is 0 Å². The Labute approximate surface area is 130 Å². The van der Waals surface area contributed by atoms with Crippen molar-refractivity contribution in [1.82, 2.24) is 9.55 Å². The molecule has 0 amide bonds. The molecule has 0 aliphatic rings. The van der Waals surface area contributed by atoms with E-state index in [9.17, 15) is 13.2 Å². The molecule has 0 saturated carbocycles. The Kier molecular flexibility index (Phi) is 4.55. The van der Waals surface area contributed by atoms with E-state index in [1.165, 1.54) is 24.7 Å². The Balaban J connectivity index is 2.36. The number of hydrogen-bond donors (Lipinski definition) is 1. The van der Waals surface area contributed by atoms with Crippen LogP contribution in [0.4, 0.5) is 0 Å². The van der Waals surface area contributed by atoms with Crippen molar-refractivity contribution in [3.05, 3.63) is 46.5 Å². The smallest absolute Gasteiger partial charge is 0.338 e. The van der Waals surface area contributed by atoms with Crippen LogP contribution in [-0.2, 0) is 16.4 Å². The largest absolute Gasteiger partial charge is 0.478 e. The standard InChI is InChI=1S/C12H10Cl2N2O4S/c13-8-1-2-9(11(14)10(8)12(17)18)21(19,20)6-5-16-4-3-15-7-16/h1-4,7H,5-6H2,(H,17,18). The second kappa shape index (κ2) is 6.05. The van der Waals surface area contributed by atoms with E-state index in [1.54, 1.807) is 10.8 Å². The van der Waals surface area contributed by atoms with E-state index < -0.39 is 21.4 Å². The van der Waals surface area contributed by atoms with Gasteiger partial charge in [0.2, 0.25) is 0 Å². The molecule has 1 heterocycles. The lowest BCUT2D eigenvalue weighted by Gasteiger charge is -2.10. The highest BCUT2D eigenvalue weighted by Crippen LogP contribution is 2.31. The van der Waals surface area contributed by atoms with Gasteiger partial charge in [-0.25, -0.2) is 18.2 Å². The van der Waals surface area contributed by atoms with Gasteiger partial charge in [-0.2, -0.15) is 0 Å². The fourth-order valence-electron chi connectivity index (χ4n) is 1.72. The highest BCUT2D eigenvalue weighted by molar-refractivity contribution is 7.91. The average molecular weight is 349 g/mol. The summed E-state index contributed by atoms with van der Waals surface area (Å²) in [5, 5.41) is 8.56. The second-order valence-electron chi connectivity index (χ2n) is 4.16. The molecular formula is C12H10Cl2N2O4S.